The van der Waals surface area contributed by atoms with E-state index in [9.17, 15) is 9.90 Å². The van der Waals surface area contributed by atoms with E-state index < -0.39 is 12.0 Å². The lowest BCUT2D eigenvalue weighted by Crippen LogP contribution is -2.38. The van der Waals surface area contributed by atoms with Gasteiger partial charge in [0.2, 0.25) is 0 Å². The molecule has 1 heterocycles. The summed E-state index contributed by atoms with van der Waals surface area (Å²) in [4.78, 5) is 15.1. The van der Waals surface area contributed by atoms with Gasteiger partial charge in [-0.2, -0.15) is 0 Å². The van der Waals surface area contributed by atoms with Crippen LogP contribution in [0.1, 0.15) is 24.5 Å². The summed E-state index contributed by atoms with van der Waals surface area (Å²) in [7, 11) is 0. The first-order valence-corrected chi connectivity index (χ1v) is 10.7. The van der Waals surface area contributed by atoms with Gasteiger partial charge in [-0.1, -0.05) is 41.1 Å². The number of hydrogen-bond acceptors (Lipinski definition) is 3. The van der Waals surface area contributed by atoms with E-state index >= 15 is 0 Å². The van der Waals surface area contributed by atoms with Gasteiger partial charge in [-0.15, -0.1) is 0 Å². The minimum atomic E-state index is -0.879. The zero-order chi connectivity index (χ0) is 20.1. The molecule has 0 radical (unpaired) electrons. The lowest BCUT2D eigenvalue weighted by atomic mass is 10.0. The molecule has 0 spiro atoms. The Labute approximate surface area is 180 Å². The normalized spacial score (nSPS) is 12.2. The molecule has 3 N–H and O–H groups in total. The molecule has 3 rings (SSSR count). The smallest absolute Gasteiger partial charge is 0.321 e. The van der Waals surface area contributed by atoms with Crippen LogP contribution in [0.15, 0.2) is 51.5 Å². The lowest BCUT2D eigenvalue weighted by molar-refractivity contribution is -0.139. The molecule has 5 nitrogen and oxygen atoms in total. The largest absolute Gasteiger partial charge is 0.492 e. The first-order valence-electron chi connectivity index (χ1n) is 9.11. The van der Waals surface area contributed by atoms with Crippen LogP contribution in [0.4, 0.5) is 0 Å². The topological polar surface area (TPSA) is 74.3 Å². The zero-order valence-corrected chi connectivity index (χ0v) is 18.6. The van der Waals surface area contributed by atoms with Crippen LogP contribution in [-0.4, -0.2) is 28.7 Å². The Morgan fingerprint density at radius 1 is 1.25 bits per heavy atom. The predicted molar refractivity (Wildman–Crippen MR) is 118 cm³/mol. The molecule has 28 heavy (non-hydrogen) atoms. The number of aliphatic carboxylic acids is 1. The summed E-state index contributed by atoms with van der Waals surface area (Å²) in [5.74, 6) is -0.135. The van der Waals surface area contributed by atoms with Gasteiger partial charge in [-0.25, -0.2) is 0 Å². The van der Waals surface area contributed by atoms with Crippen molar-refractivity contribution in [2.24, 2.45) is 0 Å². The van der Waals surface area contributed by atoms with E-state index in [0.717, 1.165) is 43.1 Å². The Bertz CT molecular complexity index is 971. The number of ether oxygens (including phenoxy) is 1. The molecule has 3 aromatic rings. The molecule has 1 aromatic heterocycles. The fourth-order valence-corrected chi connectivity index (χ4v) is 4.54. The summed E-state index contributed by atoms with van der Waals surface area (Å²) in [5, 5.41) is 13.9. The van der Waals surface area contributed by atoms with Crippen LogP contribution in [-0.2, 0) is 17.8 Å². The number of carbonyl (C=O) groups is 1. The van der Waals surface area contributed by atoms with Gasteiger partial charge in [-0.3, -0.25) is 10.1 Å². The molecular formula is C21H22Br2N2O3. The van der Waals surface area contributed by atoms with Gasteiger partial charge >= 0.3 is 5.97 Å². The fourth-order valence-electron chi connectivity index (χ4n) is 3.11. The highest BCUT2D eigenvalue weighted by atomic mass is 79.9. The number of halogens is 2. The maximum Gasteiger partial charge on any atom is 0.321 e. The minimum absolute atomic E-state index is 0.385. The van der Waals surface area contributed by atoms with Crippen molar-refractivity contribution in [2.75, 3.05) is 6.61 Å². The molecular weight excluding hydrogens is 488 g/mol. The van der Waals surface area contributed by atoms with Gasteiger partial charge < -0.3 is 14.8 Å². The van der Waals surface area contributed by atoms with E-state index in [1.54, 1.807) is 0 Å². The molecule has 0 aliphatic heterocycles. The third-order valence-corrected chi connectivity index (χ3v) is 5.52. The molecule has 0 unspecified atom stereocenters. The van der Waals surface area contributed by atoms with Crippen molar-refractivity contribution in [1.82, 2.24) is 10.3 Å². The molecule has 1 atom stereocenters. The van der Waals surface area contributed by atoms with Crippen LogP contribution < -0.4 is 10.1 Å². The van der Waals surface area contributed by atoms with Gasteiger partial charge in [0.15, 0.2) is 0 Å². The highest BCUT2D eigenvalue weighted by molar-refractivity contribution is 9.11. The summed E-state index contributed by atoms with van der Waals surface area (Å²) in [6.45, 7) is 3.04. The number of H-pyrrole nitrogens is 1. The molecule has 0 saturated heterocycles. The minimum Gasteiger partial charge on any atom is -0.492 e. The van der Waals surface area contributed by atoms with Crippen LogP contribution in [0.25, 0.3) is 10.9 Å². The second kappa shape index (κ2) is 9.58. The number of fused-ring (bicyclic) bond motifs is 1. The molecule has 0 saturated carbocycles. The zero-order valence-electron chi connectivity index (χ0n) is 15.5. The van der Waals surface area contributed by atoms with Crippen LogP contribution in [0, 0.1) is 0 Å². The Hall–Kier alpha value is -1.83. The third-order valence-electron chi connectivity index (χ3n) is 4.47. The van der Waals surface area contributed by atoms with Crippen LogP contribution >= 0.6 is 31.9 Å². The average Bonchev–Trinajstić information content (AvgIpc) is 3.07. The van der Waals surface area contributed by atoms with Gasteiger partial charge in [0.25, 0.3) is 0 Å². The Kier molecular flexibility index (Phi) is 7.15. The number of carboxylic acid groups (broad SMARTS) is 1. The molecule has 0 amide bonds. The molecule has 0 aliphatic carbocycles. The fraction of sp³-hybridized carbons (Fsp3) is 0.286. The molecule has 7 heteroatoms. The number of carboxylic acids is 1. The summed E-state index contributed by atoms with van der Waals surface area (Å²) in [6.07, 6.45) is 3.17. The molecule has 148 valence electrons. The second-order valence-electron chi connectivity index (χ2n) is 6.56. The number of aromatic nitrogens is 1. The first kappa shape index (κ1) is 20.9. The van der Waals surface area contributed by atoms with E-state index in [0.29, 0.717) is 19.6 Å². The van der Waals surface area contributed by atoms with Crippen molar-refractivity contribution < 1.29 is 14.6 Å². The Morgan fingerprint density at radius 2 is 2.04 bits per heavy atom. The Balaban J connectivity index is 1.78. The number of aromatic amines is 1. The van der Waals surface area contributed by atoms with Crippen molar-refractivity contribution in [3.05, 3.63) is 62.7 Å². The number of para-hydroxylation sites is 1. The predicted octanol–water partition coefficient (Wildman–Crippen LogP) is 5.27. The first-order chi connectivity index (χ1) is 13.5. The Morgan fingerprint density at radius 3 is 2.79 bits per heavy atom. The highest BCUT2D eigenvalue weighted by Gasteiger charge is 2.20. The number of nitrogens with one attached hydrogen (secondary N) is 2. The summed E-state index contributed by atoms with van der Waals surface area (Å²) in [6, 6.07) is 11.1. The number of benzene rings is 2. The average molecular weight is 510 g/mol. The second-order valence-corrected chi connectivity index (χ2v) is 8.33. The van der Waals surface area contributed by atoms with Crippen LogP contribution in [0.2, 0.25) is 0 Å². The molecule has 0 aliphatic rings. The van der Waals surface area contributed by atoms with Crippen molar-refractivity contribution >= 4 is 48.7 Å². The van der Waals surface area contributed by atoms with Gasteiger partial charge in [0.1, 0.15) is 11.8 Å². The highest BCUT2D eigenvalue weighted by Crippen LogP contribution is 2.33. The lowest BCUT2D eigenvalue weighted by Gasteiger charge is -2.18. The van der Waals surface area contributed by atoms with Gasteiger partial charge in [-0.05, 0) is 46.1 Å². The summed E-state index contributed by atoms with van der Waals surface area (Å²) < 4.78 is 7.62. The standard InChI is InChI=1S/C21H22Br2N2O3/c1-2-7-28-20-14(8-15(22)10-17(20)23)12-25-19(21(26)27)9-13-11-24-18-6-4-3-5-16(13)18/h3-6,8,10-11,19,24-25H,2,7,9,12H2,1H3,(H,26,27)/t19-/m0/s1. The summed E-state index contributed by atoms with van der Waals surface area (Å²) in [5.41, 5.74) is 2.89. The number of rotatable bonds is 9. The van der Waals surface area contributed by atoms with Crippen molar-refractivity contribution in [3.63, 3.8) is 0 Å². The molecule has 0 fully saturated rings. The maximum absolute atomic E-state index is 11.9. The molecule has 2 aromatic carbocycles. The van der Waals surface area contributed by atoms with Crippen LogP contribution in [0.3, 0.4) is 0 Å². The van der Waals surface area contributed by atoms with Gasteiger partial charge in [0, 0.05) is 40.1 Å². The van der Waals surface area contributed by atoms with Gasteiger partial charge in [0.05, 0.1) is 11.1 Å². The SMILES string of the molecule is CCCOc1c(Br)cc(Br)cc1CN[C@@H](Cc1c[nH]c2ccccc12)C(=O)O. The van der Waals surface area contributed by atoms with E-state index in [-0.39, 0.29) is 0 Å². The van der Waals surface area contributed by atoms with Crippen LogP contribution in [0.5, 0.6) is 5.75 Å². The van der Waals surface area contributed by atoms with Crippen molar-refractivity contribution in [1.29, 1.82) is 0 Å². The van der Waals surface area contributed by atoms with Crippen molar-refractivity contribution in [3.8, 4) is 5.75 Å². The number of hydrogen-bond donors (Lipinski definition) is 3. The third kappa shape index (κ3) is 4.96. The van der Waals surface area contributed by atoms with Crippen molar-refractivity contribution in [2.45, 2.75) is 32.4 Å². The monoisotopic (exact) mass is 508 g/mol. The van der Waals surface area contributed by atoms with E-state index in [2.05, 4.69) is 42.2 Å². The van der Waals surface area contributed by atoms with E-state index in [1.807, 2.05) is 49.5 Å². The molecule has 0 bridgehead atoms. The van der Waals surface area contributed by atoms with E-state index in [1.165, 1.54) is 0 Å². The summed E-state index contributed by atoms with van der Waals surface area (Å²) >= 11 is 7.03. The van der Waals surface area contributed by atoms with E-state index in [4.69, 9.17) is 4.74 Å². The quantitative estimate of drug-likeness (QED) is 0.367. The maximum atomic E-state index is 11.9.